The van der Waals surface area contributed by atoms with Crippen LogP contribution in [0.2, 0.25) is 0 Å². The average Bonchev–Trinajstić information content (AvgIpc) is 3.00. The van der Waals surface area contributed by atoms with Crippen LogP contribution in [0.25, 0.3) is 0 Å². The summed E-state index contributed by atoms with van der Waals surface area (Å²) in [5.41, 5.74) is -0.0293. The van der Waals surface area contributed by atoms with E-state index in [9.17, 15) is 9.59 Å². The zero-order valence-electron chi connectivity index (χ0n) is 14.1. The van der Waals surface area contributed by atoms with Crippen LogP contribution >= 0.6 is 11.3 Å². The summed E-state index contributed by atoms with van der Waals surface area (Å²) >= 11 is 1.78. The summed E-state index contributed by atoms with van der Waals surface area (Å²) < 4.78 is 0. The molecule has 1 amide bonds. The molecule has 3 heterocycles. The van der Waals surface area contributed by atoms with Crippen LogP contribution in [-0.2, 0) is 16.1 Å². The Bertz CT molecular complexity index is 592. The molecule has 2 saturated heterocycles. The fourth-order valence-corrected chi connectivity index (χ4v) is 4.61. The molecule has 1 unspecified atom stereocenters. The molecule has 0 aliphatic carbocycles. The summed E-state index contributed by atoms with van der Waals surface area (Å²) in [6.07, 6.45) is 2.08. The van der Waals surface area contributed by atoms with Gasteiger partial charge in [0.1, 0.15) is 6.54 Å². The molecule has 0 radical (unpaired) electrons. The Hall–Kier alpha value is -1.44. The van der Waals surface area contributed by atoms with Crippen molar-refractivity contribution in [2.45, 2.75) is 31.3 Å². The zero-order valence-corrected chi connectivity index (χ0v) is 14.9. The second-order valence-corrected chi connectivity index (χ2v) is 7.93. The molecule has 7 heteroatoms. The van der Waals surface area contributed by atoms with E-state index < -0.39 is 5.97 Å². The quantitative estimate of drug-likeness (QED) is 0.887. The van der Waals surface area contributed by atoms with Crippen molar-refractivity contribution in [1.29, 1.82) is 0 Å². The highest BCUT2D eigenvalue weighted by molar-refractivity contribution is 7.09. The van der Waals surface area contributed by atoms with Crippen molar-refractivity contribution < 1.29 is 14.7 Å². The minimum atomic E-state index is -0.935. The number of hydrogen-bond donors (Lipinski definition) is 1. The van der Waals surface area contributed by atoms with E-state index in [-0.39, 0.29) is 18.0 Å². The van der Waals surface area contributed by atoms with Crippen LogP contribution in [0.15, 0.2) is 17.5 Å². The molecule has 2 aliphatic heterocycles. The number of carboxylic acid groups (broad SMARTS) is 1. The first-order valence-corrected chi connectivity index (χ1v) is 9.32. The summed E-state index contributed by atoms with van der Waals surface area (Å²) in [6, 6.07) is 4.25. The first-order chi connectivity index (χ1) is 11.5. The van der Waals surface area contributed by atoms with E-state index in [2.05, 4.69) is 34.4 Å². The number of nitrogens with zero attached hydrogens (tertiary/aromatic N) is 3. The number of piperazine rings is 1. The van der Waals surface area contributed by atoms with E-state index >= 15 is 0 Å². The van der Waals surface area contributed by atoms with Gasteiger partial charge in [-0.05, 0) is 31.3 Å². The van der Waals surface area contributed by atoms with E-state index in [1.807, 2.05) is 0 Å². The van der Waals surface area contributed by atoms with Crippen molar-refractivity contribution in [2.75, 3.05) is 39.8 Å². The Labute approximate surface area is 146 Å². The first-order valence-electron chi connectivity index (χ1n) is 8.44. The van der Waals surface area contributed by atoms with E-state index in [0.717, 1.165) is 39.0 Å². The number of carbonyl (C=O) groups excluding carboxylic acids is 1. The van der Waals surface area contributed by atoms with Crippen molar-refractivity contribution in [3.05, 3.63) is 22.4 Å². The predicted molar refractivity (Wildman–Crippen MR) is 93.0 cm³/mol. The van der Waals surface area contributed by atoms with Crippen LogP contribution in [0.5, 0.6) is 0 Å². The number of aliphatic carboxylic acids is 1. The molecular weight excluding hydrogens is 326 g/mol. The van der Waals surface area contributed by atoms with Crippen LogP contribution < -0.4 is 0 Å². The van der Waals surface area contributed by atoms with E-state index in [4.69, 9.17) is 5.11 Å². The first kappa shape index (κ1) is 17.4. The summed E-state index contributed by atoms with van der Waals surface area (Å²) in [4.78, 5) is 31.0. The Balaban J connectivity index is 1.69. The summed E-state index contributed by atoms with van der Waals surface area (Å²) in [6.45, 7) is 4.26. The Kier molecular flexibility index (Phi) is 5.22. The summed E-state index contributed by atoms with van der Waals surface area (Å²) in [7, 11) is 2.14. The Morgan fingerprint density at radius 1 is 1.33 bits per heavy atom. The number of carbonyl (C=O) groups is 2. The maximum atomic E-state index is 12.3. The summed E-state index contributed by atoms with van der Waals surface area (Å²) in [5, 5.41) is 11.1. The minimum absolute atomic E-state index is 0.0293. The molecule has 1 spiro atoms. The normalized spacial score (nSPS) is 26.7. The third kappa shape index (κ3) is 3.79. The number of hydrogen-bond acceptors (Lipinski definition) is 5. The van der Waals surface area contributed by atoms with Crippen LogP contribution in [-0.4, -0.2) is 77.0 Å². The standard InChI is InChI=1S/C17H25N3O3S/c1-18-8-9-19(11-14-3-2-10-24-14)13-17(18)5-4-15(21)20(7-6-17)12-16(22)23/h2-3,10H,4-9,11-13H2,1H3,(H,22,23). The lowest BCUT2D eigenvalue weighted by Gasteiger charge is -2.49. The van der Waals surface area contributed by atoms with E-state index in [1.54, 1.807) is 11.3 Å². The minimum Gasteiger partial charge on any atom is -0.480 e. The van der Waals surface area contributed by atoms with Crippen molar-refractivity contribution in [1.82, 2.24) is 14.7 Å². The summed E-state index contributed by atoms with van der Waals surface area (Å²) in [5.74, 6) is -0.964. The lowest BCUT2D eigenvalue weighted by atomic mass is 9.86. The zero-order chi connectivity index (χ0) is 17.2. The molecule has 3 rings (SSSR count). The smallest absolute Gasteiger partial charge is 0.323 e. The van der Waals surface area contributed by atoms with Crippen LogP contribution in [0.1, 0.15) is 24.1 Å². The molecule has 1 aromatic heterocycles. The third-order valence-corrected chi connectivity index (χ3v) is 6.23. The van der Waals surface area contributed by atoms with Gasteiger partial charge in [0.05, 0.1) is 0 Å². The highest BCUT2D eigenvalue weighted by atomic mass is 32.1. The average molecular weight is 351 g/mol. The molecule has 0 saturated carbocycles. The second kappa shape index (κ2) is 7.21. The molecule has 132 valence electrons. The van der Waals surface area contributed by atoms with E-state index in [0.29, 0.717) is 13.0 Å². The maximum absolute atomic E-state index is 12.3. The topological polar surface area (TPSA) is 64.1 Å². The van der Waals surface area contributed by atoms with Crippen molar-refractivity contribution in [3.63, 3.8) is 0 Å². The van der Waals surface area contributed by atoms with Gasteiger partial charge in [0.25, 0.3) is 0 Å². The number of rotatable bonds is 4. The molecule has 2 fully saturated rings. The number of likely N-dealkylation sites (N-methyl/N-ethyl adjacent to an activating group) is 1. The van der Waals surface area contributed by atoms with Gasteiger partial charge in [-0.2, -0.15) is 0 Å². The molecule has 6 nitrogen and oxygen atoms in total. The molecule has 24 heavy (non-hydrogen) atoms. The lowest BCUT2D eigenvalue weighted by Crippen LogP contribution is -2.60. The molecule has 1 N–H and O–H groups in total. The number of likely N-dealkylation sites (tertiary alicyclic amines) is 1. The van der Waals surface area contributed by atoms with Crippen molar-refractivity contribution in [3.8, 4) is 0 Å². The number of thiophene rings is 1. The van der Waals surface area contributed by atoms with Crippen LogP contribution in [0.3, 0.4) is 0 Å². The van der Waals surface area contributed by atoms with Gasteiger partial charge in [0.15, 0.2) is 0 Å². The number of amides is 1. The predicted octanol–water partition coefficient (Wildman–Crippen LogP) is 1.33. The van der Waals surface area contributed by atoms with Gasteiger partial charge < -0.3 is 10.0 Å². The third-order valence-electron chi connectivity index (χ3n) is 5.37. The SMILES string of the molecule is CN1CCN(Cc2cccs2)CC12CCC(=O)N(CC(=O)O)CC2. The van der Waals surface area contributed by atoms with Gasteiger partial charge in [-0.15, -0.1) is 11.3 Å². The highest BCUT2D eigenvalue weighted by Gasteiger charge is 2.42. The van der Waals surface area contributed by atoms with Gasteiger partial charge in [0, 0.05) is 49.6 Å². The van der Waals surface area contributed by atoms with Gasteiger partial charge >= 0.3 is 5.97 Å². The molecule has 1 aromatic rings. The molecule has 0 aromatic carbocycles. The molecular formula is C17H25N3O3S. The molecule has 1 atom stereocenters. The molecule has 2 aliphatic rings. The molecule has 0 bridgehead atoms. The Morgan fingerprint density at radius 3 is 2.88 bits per heavy atom. The van der Waals surface area contributed by atoms with Gasteiger partial charge in [-0.3, -0.25) is 19.4 Å². The fraction of sp³-hybridized carbons (Fsp3) is 0.647. The highest BCUT2D eigenvalue weighted by Crippen LogP contribution is 2.32. The number of carboxylic acids is 1. The fourth-order valence-electron chi connectivity index (χ4n) is 3.86. The lowest BCUT2D eigenvalue weighted by molar-refractivity contribution is -0.144. The van der Waals surface area contributed by atoms with Gasteiger partial charge in [-0.25, -0.2) is 0 Å². The van der Waals surface area contributed by atoms with Gasteiger partial charge in [0.2, 0.25) is 5.91 Å². The van der Waals surface area contributed by atoms with E-state index in [1.165, 1.54) is 9.78 Å². The maximum Gasteiger partial charge on any atom is 0.323 e. The van der Waals surface area contributed by atoms with Crippen LogP contribution in [0, 0.1) is 0 Å². The van der Waals surface area contributed by atoms with Crippen LogP contribution in [0.4, 0.5) is 0 Å². The van der Waals surface area contributed by atoms with Crippen molar-refractivity contribution in [2.24, 2.45) is 0 Å². The van der Waals surface area contributed by atoms with Gasteiger partial charge in [-0.1, -0.05) is 6.07 Å². The Morgan fingerprint density at radius 2 is 2.17 bits per heavy atom. The monoisotopic (exact) mass is 351 g/mol. The van der Waals surface area contributed by atoms with Crippen molar-refractivity contribution >= 4 is 23.2 Å². The second-order valence-electron chi connectivity index (χ2n) is 6.89. The largest absolute Gasteiger partial charge is 0.480 e.